The third-order valence-electron chi connectivity index (χ3n) is 11.1. The molecule has 8 rings (SSSR count). The van der Waals surface area contributed by atoms with E-state index in [9.17, 15) is 0 Å². The minimum Gasteiger partial charge on any atom is -0.458 e. The largest absolute Gasteiger partial charge is 0.458 e. The van der Waals surface area contributed by atoms with E-state index in [1.807, 2.05) is 23.0 Å². The van der Waals surface area contributed by atoms with E-state index in [1.54, 1.807) is 0 Å². The fourth-order valence-electron chi connectivity index (χ4n) is 7.73. The normalized spacial score (nSPS) is 12.7. The summed E-state index contributed by atoms with van der Waals surface area (Å²) in [6, 6.07) is 43.0. The van der Waals surface area contributed by atoms with Gasteiger partial charge in [-0.2, -0.15) is 4.68 Å². The molecular formula is C53H57N5O. The van der Waals surface area contributed by atoms with Crippen molar-refractivity contribution in [2.24, 2.45) is 0 Å². The lowest BCUT2D eigenvalue weighted by Crippen LogP contribution is -2.35. The molecule has 300 valence electrons. The van der Waals surface area contributed by atoms with Gasteiger partial charge in [0.2, 0.25) is 0 Å². The molecule has 8 aromatic rings. The van der Waals surface area contributed by atoms with Crippen molar-refractivity contribution in [1.82, 2.24) is 19.2 Å². The first kappa shape index (κ1) is 39.8. The number of fused-ring (bicyclic) bond motifs is 3. The number of ether oxygens (including phenoxy) is 1. The zero-order valence-electron chi connectivity index (χ0n) is 36.8. The maximum Gasteiger partial charge on any atom is 0.273 e. The Bertz CT molecular complexity index is 2800. The van der Waals surface area contributed by atoms with Crippen LogP contribution in [0.4, 0.5) is 0 Å². The van der Waals surface area contributed by atoms with Gasteiger partial charge in [-0.05, 0) is 80.5 Å². The Labute approximate surface area is 350 Å². The SMILES string of the molecule is CC(C)(C)c1cc(-[n+]2[c-]n(-c3cccc(Oc4cc(-c5ccccc5)c5c6ccccc6n(-c6cc(C(C)(C)C)ccn6)c5c4)c3)c(C(C)(C)C)n2)cc(C(C)(C)C)c1. The molecule has 6 heteroatoms. The maximum atomic E-state index is 6.91. The van der Waals surface area contributed by atoms with Gasteiger partial charge in [-0.3, -0.25) is 9.13 Å². The second-order valence-electron chi connectivity index (χ2n) is 20.0. The summed E-state index contributed by atoms with van der Waals surface area (Å²) in [6.07, 6.45) is 5.56. The number of hydrogen-bond acceptors (Lipinski definition) is 3. The Balaban J connectivity index is 1.28. The monoisotopic (exact) mass is 779 g/mol. The number of nitrogens with zero attached hydrogens (tertiary/aromatic N) is 5. The van der Waals surface area contributed by atoms with Gasteiger partial charge in [-0.25, -0.2) is 4.98 Å². The molecule has 59 heavy (non-hydrogen) atoms. The molecule has 6 nitrogen and oxygen atoms in total. The van der Waals surface area contributed by atoms with Crippen LogP contribution in [-0.4, -0.2) is 19.2 Å². The second-order valence-corrected chi connectivity index (χ2v) is 20.0. The van der Waals surface area contributed by atoms with Gasteiger partial charge in [0.1, 0.15) is 17.3 Å². The maximum absolute atomic E-state index is 6.91. The summed E-state index contributed by atoms with van der Waals surface area (Å²) >= 11 is 0. The van der Waals surface area contributed by atoms with E-state index in [0.717, 1.165) is 62.1 Å². The Hall–Kier alpha value is -6.01. The molecule has 0 saturated heterocycles. The van der Waals surface area contributed by atoms with E-state index in [2.05, 4.69) is 208 Å². The highest BCUT2D eigenvalue weighted by Gasteiger charge is 2.27. The first-order chi connectivity index (χ1) is 27.8. The average molecular weight is 780 g/mol. The minimum atomic E-state index is -0.269. The van der Waals surface area contributed by atoms with E-state index in [-0.39, 0.29) is 21.7 Å². The molecule has 0 aliphatic heterocycles. The fourth-order valence-corrected chi connectivity index (χ4v) is 7.73. The summed E-state index contributed by atoms with van der Waals surface area (Å²) in [7, 11) is 0. The van der Waals surface area contributed by atoms with E-state index < -0.39 is 0 Å². The van der Waals surface area contributed by atoms with Crippen LogP contribution in [0.15, 0.2) is 128 Å². The predicted molar refractivity (Wildman–Crippen MR) is 243 cm³/mol. The van der Waals surface area contributed by atoms with Gasteiger partial charge in [0.15, 0.2) is 5.82 Å². The lowest BCUT2D eigenvalue weighted by molar-refractivity contribution is -0.662. The van der Waals surface area contributed by atoms with Crippen LogP contribution >= 0.6 is 0 Å². The van der Waals surface area contributed by atoms with Crippen LogP contribution in [0.3, 0.4) is 0 Å². The molecule has 0 radical (unpaired) electrons. The van der Waals surface area contributed by atoms with Gasteiger partial charge in [0.05, 0.1) is 22.4 Å². The van der Waals surface area contributed by atoms with Gasteiger partial charge < -0.3 is 4.74 Å². The number of hydrogen-bond donors (Lipinski definition) is 0. The summed E-state index contributed by atoms with van der Waals surface area (Å²) in [6.45, 7) is 26.9. The van der Waals surface area contributed by atoms with Crippen molar-refractivity contribution in [3.63, 3.8) is 0 Å². The van der Waals surface area contributed by atoms with Crippen molar-refractivity contribution in [3.05, 3.63) is 156 Å². The van der Waals surface area contributed by atoms with Crippen molar-refractivity contribution in [2.45, 2.75) is 105 Å². The first-order valence-electron chi connectivity index (χ1n) is 20.7. The highest BCUT2D eigenvalue weighted by Crippen LogP contribution is 2.42. The number of benzene rings is 5. The summed E-state index contributed by atoms with van der Waals surface area (Å²) < 4.78 is 13.2. The molecule has 0 saturated carbocycles. The van der Waals surface area contributed by atoms with E-state index in [0.29, 0.717) is 0 Å². The molecule has 0 aliphatic rings. The number of para-hydroxylation sites is 1. The van der Waals surface area contributed by atoms with Gasteiger partial charge in [-0.15, -0.1) is 5.10 Å². The summed E-state index contributed by atoms with van der Waals surface area (Å²) in [5, 5.41) is 7.55. The molecule has 3 aromatic heterocycles. The van der Waals surface area contributed by atoms with Crippen molar-refractivity contribution in [1.29, 1.82) is 0 Å². The van der Waals surface area contributed by atoms with Gasteiger partial charge >= 0.3 is 0 Å². The van der Waals surface area contributed by atoms with Crippen LogP contribution in [0.25, 0.3) is 50.1 Å². The first-order valence-corrected chi connectivity index (χ1v) is 20.7. The van der Waals surface area contributed by atoms with E-state index >= 15 is 0 Å². The summed E-state index contributed by atoms with van der Waals surface area (Å²) in [5.41, 5.74) is 9.68. The average Bonchev–Trinajstić information content (AvgIpc) is 3.78. The second kappa shape index (κ2) is 14.4. The van der Waals surface area contributed by atoms with Gasteiger partial charge in [0, 0.05) is 28.5 Å². The molecule has 0 N–H and O–H groups in total. The molecule has 0 bridgehead atoms. The highest BCUT2D eigenvalue weighted by atomic mass is 16.5. The Morgan fingerprint density at radius 2 is 1.22 bits per heavy atom. The fraction of sp³-hybridized carbons (Fsp3) is 0.302. The van der Waals surface area contributed by atoms with Crippen LogP contribution in [0.1, 0.15) is 106 Å². The number of aromatic nitrogens is 5. The third kappa shape index (κ3) is 7.81. The molecule has 0 aliphatic carbocycles. The standard InChI is InChI=1S/C53H57N5O/c1-50(2,3)36-25-26-54-47(30-36)58-45-24-17-16-23-43(45)48-44(35-19-14-13-15-20-35)32-42(33-46(48)58)59-41-22-18-21-39(31-41)56-34-57(55-49(56)53(10,11)12)40-28-37(51(4,5)6)27-38(29-40)52(7,8)9/h13-33H,1-12H3. The van der Waals surface area contributed by atoms with E-state index in [1.165, 1.54) is 22.1 Å². The Morgan fingerprint density at radius 3 is 1.88 bits per heavy atom. The van der Waals surface area contributed by atoms with Gasteiger partial charge in [0.25, 0.3) is 6.33 Å². The van der Waals surface area contributed by atoms with Crippen molar-refractivity contribution < 1.29 is 9.42 Å². The van der Waals surface area contributed by atoms with Crippen LogP contribution in [0.5, 0.6) is 11.5 Å². The van der Waals surface area contributed by atoms with Crippen LogP contribution in [0, 0.1) is 6.33 Å². The summed E-state index contributed by atoms with van der Waals surface area (Å²) in [5.74, 6) is 3.23. The van der Waals surface area contributed by atoms with Crippen molar-refractivity contribution >= 4 is 21.8 Å². The lowest BCUT2D eigenvalue weighted by atomic mass is 9.80. The summed E-state index contributed by atoms with van der Waals surface area (Å²) in [4.78, 5) is 4.95. The van der Waals surface area contributed by atoms with Crippen LogP contribution in [-0.2, 0) is 21.7 Å². The molecular weight excluding hydrogens is 723 g/mol. The molecule has 0 spiro atoms. The van der Waals surface area contributed by atoms with Crippen molar-refractivity contribution in [2.75, 3.05) is 0 Å². The van der Waals surface area contributed by atoms with Crippen LogP contribution in [0.2, 0.25) is 0 Å². The molecule has 5 aromatic carbocycles. The smallest absolute Gasteiger partial charge is 0.273 e. The Kier molecular flexibility index (Phi) is 9.69. The molecule has 0 atom stereocenters. The minimum absolute atomic E-state index is 0.0254. The quantitative estimate of drug-likeness (QED) is 0.125. The zero-order valence-corrected chi connectivity index (χ0v) is 36.8. The molecule has 3 heterocycles. The number of rotatable bonds is 6. The Morgan fingerprint density at radius 1 is 0.559 bits per heavy atom. The zero-order chi connectivity index (χ0) is 42.1. The molecule has 0 fully saturated rings. The van der Waals surface area contributed by atoms with Crippen molar-refractivity contribution in [3.8, 4) is 39.8 Å². The highest BCUT2D eigenvalue weighted by molar-refractivity contribution is 6.16. The molecule has 0 amide bonds. The topological polar surface area (TPSA) is 48.8 Å². The number of pyridine rings is 1. The lowest BCUT2D eigenvalue weighted by Gasteiger charge is -2.26. The predicted octanol–water partition coefficient (Wildman–Crippen LogP) is 13.1. The third-order valence-corrected chi connectivity index (χ3v) is 11.1. The molecule has 0 unspecified atom stereocenters. The van der Waals surface area contributed by atoms with Crippen LogP contribution < -0.4 is 9.42 Å². The van der Waals surface area contributed by atoms with E-state index in [4.69, 9.17) is 14.8 Å². The van der Waals surface area contributed by atoms with Gasteiger partial charge in [-0.1, -0.05) is 162 Å².